The Morgan fingerprint density at radius 3 is 2.42 bits per heavy atom. The molecule has 1 aromatic heterocycles. The van der Waals surface area contributed by atoms with Gasteiger partial charge in [-0.1, -0.05) is 0 Å². The third-order valence-electron chi connectivity index (χ3n) is 3.79. The minimum Gasteiger partial charge on any atom is -0.378 e. The molecule has 1 aliphatic rings. The van der Waals surface area contributed by atoms with Crippen molar-refractivity contribution in [3.63, 3.8) is 0 Å². The van der Waals surface area contributed by atoms with Crippen molar-refractivity contribution in [2.24, 2.45) is 0 Å². The number of hydrogen-bond acceptors (Lipinski definition) is 6. The Labute approximate surface area is 141 Å². The van der Waals surface area contributed by atoms with Gasteiger partial charge in [-0.2, -0.15) is 0 Å². The number of nitrogens with zero attached hydrogens (tertiary/aromatic N) is 3. The van der Waals surface area contributed by atoms with Gasteiger partial charge in [0.05, 0.1) is 0 Å². The van der Waals surface area contributed by atoms with Crippen LogP contribution in [0.1, 0.15) is 12.8 Å². The van der Waals surface area contributed by atoms with Crippen molar-refractivity contribution in [3.8, 4) is 0 Å². The Bertz CT molecular complexity index is 679. The molecular weight excluding hydrogens is 306 g/mol. The van der Waals surface area contributed by atoms with Gasteiger partial charge in [-0.3, -0.25) is 4.79 Å². The number of carbonyl (C=O) groups excluding carboxylic acids is 1. The van der Waals surface area contributed by atoms with Gasteiger partial charge in [0.1, 0.15) is 6.10 Å². The Morgan fingerprint density at radius 1 is 1.12 bits per heavy atom. The van der Waals surface area contributed by atoms with Crippen LogP contribution in [-0.2, 0) is 9.53 Å². The lowest BCUT2D eigenvalue weighted by Gasteiger charge is -2.13. The summed E-state index contributed by atoms with van der Waals surface area (Å²) in [5.41, 5.74) is 2.05. The molecule has 3 rings (SSSR count). The molecule has 1 saturated heterocycles. The highest BCUT2D eigenvalue weighted by atomic mass is 16.5. The SMILES string of the molecule is CN(C)c1ccc(Nc2ccc(NC(=O)C3CCCO3)nn2)cc1. The van der Waals surface area contributed by atoms with Gasteiger partial charge in [0.25, 0.3) is 5.91 Å². The zero-order chi connectivity index (χ0) is 16.9. The van der Waals surface area contributed by atoms with Gasteiger partial charge < -0.3 is 20.3 Å². The molecule has 2 aromatic rings. The van der Waals surface area contributed by atoms with Crippen LogP contribution in [0.2, 0.25) is 0 Å². The normalized spacial score (nSPS) is 16.7. The van der Waals surface area contributed by atoms with E-state index >= 15 is 0 Å². The largest absolute Gasteiger partial charge is 0.378 e. The topological polar surface area (TPSA) is 79.4 Å². The van der Waals surface area contributed by atoms with Gasteiger partial charge in [-0.25, -0.2) is 0 Å². The minimum absolute atomic E-state index is 0.165. The molecule has 7 nitrogen and oxygen atoms in total. The van der Waals surface area contributed by atoms with Gasteiger partial charge in [0.15, 0.2) is 11.6 Å². The molecule has 2 heterocycles. The van der Waals surface area contributed by atoms with Gasteiger partial charge >= 0.3 is 0 Å². The van der Waals surface area contributed by atoms with Gasteiger partial charge in [-0.05, 0) is 49.2 Å². The Morgan fingerprint density at radius 2 is 1.83 bits per heavy atom. The van der Waals surface area contributed by atoms with Crippen LogP contribution >= 0.6 is 0 Å². The van der Waals surface area contributed by atoms with Crippen LogP contribution in [0.25, 0.3) is 0 Å². The highest BCUT2D eigenvalue weighted by Crippen LogP contribution is 2.19. The number of aromatic nitrogens is 2. The van der Waals surface area contributed by atoms with E-state index in [9.17, 15) is 4.79 Å². The number of carbonyl (C=O) groups is 1. The Balaban J connectivity index is 1.58. The van der Waals surface area contributed by atoms with Gasteiger partial charge in [-0.15, -0.1) is 10.2 Å². The summed E-state index contributed by atoms with van der Waals surface area (Å²) in [5.74, 6) is 0.869. The molecule has 24 heavy (non-hydrogen) atoms. The second kappa shape index (κ2) is 7.27. The van der Waals surface area contributed by atoms with Crippen LogP contribution in [0.5, 0.6) is 0 Å². The fourth-order valence-electron chi connectivity index (χ4n) is 2.45. The van der Waals surface area contributed by atoms with Crippen molar-refractivity contribution in [1.82, 2.24) is 10.2 Å². The van der Waals surface area contributed by atoms with Crippen molar-refractivity contribution in [2.75, 3.05) is 36.2 Å². The molecule has 1 atom stereocenters. The van der Waals surface area contributed by atoms with E-state index in [2.05, 4.69) is 20.8 Å². The summed E-state index contributed by atoms with van der Waals surface area (Å²) < 4.78 is 5.34. The van der Waals surface area contributed by atoms with E-state index in [0.717, 1.165) is 24.2 Å². The molecule has 7 heteroatoms. The fourth-order valence-corrected chi connectivity index (χ4v) is 2.45. The predicted octanol–water partition coefficient (Wildman–Crippen LogP) is 2.40. The Hall–Kier alpha value is -2.67. The molecule has 0 bridgehead atoms. The molecule has 1 aliphatic heterocycles. The van der Waals surface area contributed by atoms with Gasteiger partial charge in [0.2, 0.25) is 0 Å². The summed E-state index contributed by atoms with van der Waals surface area (Å²) in [5, 5.41) is 14.0. The number of rotatable bonds is 5. The van der Waals surface area contributed by atoms with Crippen LogP contribution < -0.4 is 15.5 Å². The maximum absolute atomic E-state index is 12.0. The van der Waals surface area contributed by atoms with Crippen molar-refractivity contribution in [3.05, 3.63) is 36.4 Å². The first-order valence-electron chi connectivity index (χ1n) is 7.92. The fraction of sp³-hybridized carbons (Fsp3) is 0.353. The van der Waals surface area contributed by atoms with E-state index in [1.54, 1.807) is 12.1 Å². The van der Waals surface area contributed by atoms with E-state index in [-0.39, 0.29) is 12.0 Å². The standard InChI is InChI=1S/C17H21N5O2/c1-22(2)13-7-5-12(6-8-13)18-15-9-10-16(21-20-15)19-17(23)14-4-3-11-24-14/h5-10,14H,3-4,11H2,1-2H3,(H,18,20)(H,19,21,23). The molecular formula is C17H21N5O2. The first-order chi connectivity index (χ1) is 11.6. The maximum atomic E-state index is 12.0. The molecule has 1 amide bonds. The predicted molar refractivity (Wildman–Crippen MR) is 93.7 cm³/mol. The summed E-state index contributed by atoms with van der Waals surface area (Å²) in [6.45, 7) is 0.638. The van der Waals surface area contributed by atoms with Crippen LogP contribution in [0.15, 0.2) is 36.4 Å². The third kappa shape index (κ3) is 3.99. The first-order valence-corrected chi connectivity index (χ1v) is 7.92. The smallest absolute Gasteiger partial charge is 0.254 e. The van der Waals surface area contributed by atoms with E-state index < -0.39 is 0 Å². The molecule has 1 aromatic carbocycles. The highest BCUT2D eigenvalue weighted by molar-refractivity contribution is 5.93. The van der Waals surface area contributed by atoms with Crippen LogP contribution in [-0.4, -0.2) is 42.9 Å². The summed E-state index contributed by atoms with van der Waals surface area (Å²) in [7, 11) is 4.00. The average Bonchev–Trinajstić information content (AvgIpc) is 3.12. The third-order valence-corrected chi connectivity index (χ3v) is 3.79. The molecule has 1 fully saturated rings. The number of anilines is 4. The highest BCUT2D eigenvalue weighted by Gasteiger charge is 2.23. The molecule has 126 valence electrons. The molecule has 0 spiro atoms. The lowest BCUT2D eigenvalue weighted by molar-refractivity contribution is -0.124. The second-order valence-electron chi connectivity index (χ2n) is 5.86. The summed E-state index contributed by atoms with van der Waals surface area (Å²) in [6, 6.07) is 11.5. The number of benzene rings is 1. The summed E-state index contributed by atoms with van der Waals surface area (Å²) in [4.78, 5) is 14.0. The summed E-state index contributed by atoms with van der Waals surface area (Å²) >= 11 is 0. The monoisotopic (exact) mass is 327 g/mol. The molecule has 0 radical (unpaired) electrons. The zero-order valence-electron chi connectivity index (χ0n) is 13.8. The van der Waals surface area contributed by atoms with Crippen LogP contribution in [0, 0.1) is 0 Å². The van der Waals surface area contributed by atoms with Crippen molar-refractivity contribution in [2.45, 2.75) is 18.9 Å². The Kier molecular flexibility index (Phi) is 4.90. The zero-order valence-corrected chi connectivity index (χ0v) is 13.8. The minimum atomic E-state index is -0.375. The number of ether oxygens (including phenoxy) is 1. The number of nitrogens with one attached hydrogen (secondary N) is 2. The van der Waals surface area contributed by atoms with E-state index in [0.29, 0.717) is 18.2 Å². The van der Waals surface area contributed by atoms with Gasteiger partial charge in [0, 0.05) is 32.1 Å². The van der Waals surface area contributed by atoms with Crippen molar-refractivity contribution < 1.29 is 9.53 Å². The number of hydrogen-bond donors (Lipinski definition) is 2. The lowest BCUT2D eigenvalue weighted by Crippen LogP contribution is -2.27. The van der Waals surface area contributed by atoms with Crippen molar-refractivity contribution in [1.29, 1.82) is 0 Å². The lowest BCUT2D eigenvalue weighted by atomic mass is 10.2. The quantitative estimate of drug-likeness (QED) is 0.878. The van der Waals surface area contributed by atoms with E-state index in [1.807, 2.05) is 43.3 Å². The van der Waals surface area contributed by atoms with Crippen LogP contribution in [0.3, 0.4) is 0 Å². The molecule has 2 N–H and O–H groups in total. The summed E-state index contributed by atoms with van der Waals surface area (Å²) in [6.07, 6.45) is 1.29. The van der Waals surface area contributed by atoms with E-state index in [4.69, 9.17) is 4.74 Å². The maximum Gasteiger partial charge on any atom is 0.254 e. The molecule has 0 aliphatic carbocycles. The average molecular weight is 327 g/mol. The number of amides is 1. The van der Waals surface area contributed by atoms with E-state index in [1.165, 1.54) is 0 Å². The first kappa shape index (κ1) is 16.2. The second-order valence-corrected chi connectivity index (χ2v) is 5.86. The molecule has 1 unspecified atom stereocenters. The van der Waals surface area contributed by atoms with Crippen LogP contribution in [0.4, 0.5) is 23.0 Å². The van der Waals surface area contributed by atoms with Crippen molar-refractivity contribution >= 4 is 28.9 Å². The molecule has 0 saturated carbocycles.